The summed E-state index contributed by atoms with van der Waals surface area (Å²) in [6.45, 7) is 1.70. The molecule has 1 aromatic carbocycles. The highest BCUT2D eigenvalue weighted by molar-refractivity contribution is 6.31. The highest BCUT2D eigenvalue weighted by Crippen LogP contribution is 2.36. The van der Waals surface area contributed by atoms with Crippen LogP contribution in [0.15, 0.2) is 58.2 Å². The molecular weight excluding hydrogens is 558 g/mol. The fourth-order valence-corrected chi connectivity index (χ4v) is 4.81. The van der Waals surface area contributed by atoms with E-state index in [9.17, 15) is 17.6 Å². The summed E-state index contributed by atoms with van der Waals surface area (Å²) in [6.07, 6.45) is 0.996. The molecular formula is C25H26ClF4N7O3. The van der Waals surface area contributed by atoms with E-state index in [0.29, 0.717) is 48.0 Å². The average Bonchev–Trinajstić information content (AvgIpc) is 3.37. The summed E-state index contributed by atoms with van der Waals surface area (Å²) < 4.78 is 71.5. The van der Waals surface area contributed by atoms with Crippen LogP contribution in [-0.2, 0) is 33.5 Å². The average molecular weight is 584 g/mol. The fraction of sp³-hybridized carbons (Fsp3) is 0.400. The topological polar surface area (TPSA) is 98.1 Å². The number of fused-ring (bicyclic) bond motifs is 2. The molecule has 1 aromatic heterocycles. The molecule has 10 nitrogen and oxygen atoms in total. The first-order chi connectivity index (χ1) is 19.1. The van der Waals surface area contributed by atoms with Gasteiger partial charge in [-0.2, -0.15) is 13.2 Å². The Morgan fingerprint density at radius 2 is 1.98 bits per heavy atom. The van der Waals surface area contributed by atoms with Gasteiger partial charge in [-0.25, -0.2) is 9.38 Å². The van der Waals surface area contributed by atoms with Gasteiger partial charge in [-0.05, 0) is 30.7 Å². The SMILES string of the molecule is COC1(OC)C=C2NC=NC(Nc3ccc(F)c(Cl)c3)=C2C=C1OCCCN1CCn2c(nnc2C(F)(F)F)C1. The van der Waals surface area contributed by atoms with Crippen molar-refractivity contribution in [1.82, 2.24) is 25.0 Å². The highest BCUT2D eigenvalue weighted by atomic mass is 35.5. The number of anilines is 1. The van der Waals surface area contributed by atoms with Gasteiger partial charge in [0.25, 0.3) is 0 Å². The number of aromatic nitrogens is 3. The van der Waals surface area contributed by atoms with Crippen molar-refractivity contribution in [3.05, 3.63) is 75.7 Å². The number of halogens is 5. The summed E-state index contributed by atoms with van der Waals surface area (Å²) in [5.74, 6) is -1.69. The quantitative estimate of drug-likeness (QED) is 0.259. The second kappa shape index (κ2) is 11.2. The van der Waals surface area contributed by atoms with E-state index in [0.717, 1.165) is 4.57 Å². The van der Waals surface area contributed by atoms with E-state index in [4.69, 9.17) is 25.8 Å². The number of rotatable bonds is 9. The number of alkyl halides is 3. The van der Waals surface area contributed by atoms with Crippen LogP contribution in [0.3, 0.4) is 0 Å². The molecule has 1 aliphatic carbocycles. The minimum absolute atomic E-state index is 0.0278. The van der Waals surface area contributed by atoms with E-state index < -0.39 is 23.6 Å². The summed E-state index contributed by atoms with van der Waals surface area (Å²) in [6, 6.07) is 4.25. The van der Waals surface area contributed by atoms with E-state index in [1.807, 2.05) is 4.90 Å². The van der Waals surface area contributed by atoms with Crippen LogP contribution in [0, 0.1) is 5.82 Å². The predicted octanol–water partition coefficient (Wildman–Crippen LogP) is 4.04. The number of hydrogen-bond acceptors (Lipinski definition) is 9. The Labute approximate surface area is 231 Å². The third-order valence-electron chi connectivity index (χ3n) is 6.66. The van der Waals surface area contributed by atoms with Crippen LogP contribution in [0.5, 0.6) is 0 Å². The molecule has 15 heteroatoms. The molecule has 0 spiro atoms. The van der Waals surface area contributed by atoms with Crippen molar-refractivity contribution in [3.8, 4) is 0 Å². The Morgan fingerprint density at radius 3 is 2.70 bits per heavy atom. The molecule has 0 fully saturated rings. The molecule has 0 radical (unpaired) electrons. The first kappa shape index (κ1) is 28.1. The zero-order chi connectivity index (χ0) is 28.5. The summed E-state index contributed by atoms with van der Waals surface area (Å²) in [4.78, 5) is 6.37. The molecule has 0 amide bonds. The molecule has 2 aromatic rings. The lowest BCUT2D eigenvalue weighted by Gasteiger charge is -2.35. The molecule has 0 saturated carbocycles. The smallest absolute Gasteiger partial charge is 0.451 e. The molecule has 5 rings (SSSR count). The molecule has 0 saturated heterocycles. The fourth-order valence-electron chi connectivity index (χ4n) is 4.63. The van der Waals surface area contributed by atoms with Crippen LogP contribution in [0.2, 0.25) is 5.02 Å². The number of ether oxygens (including phenoxy) is 3. The molecule has 0 bridgehead atoms. The predicted molar refractivity (Wildman–Crippen MR) is 137 cm³/mol. The van der Waals surface area contributed by atoms with Crippen molar-refractivity contribution in [3.63, 3.8) is 0 Å². The number of hydrogen-bond donors (Lipinski definition) is 2. The van der Waals surface area contributed by atoms with Crippen LogP contribution in [0.1, 0.15) is 18.1 Å². The third-order valence-corrected chi connectivity index (χ3v) is 6.95. The Kier molecular flexibility index (Phi) is 7.86. The zero-order valence-electron chi connectivity index (χ0n) is 21.6. The second-order valence-corrected chi connectivity index (χ2v) is 9.54. The molecule has 40 heavy (non-hydrogen) atoms. The van der Waals surface area contributed by atoms with Crippen molar-refractivity contribution in [2.75, 3.05) is 39.2 Å². The van der Waals surface area contributed by atoms with Gasteiger partial charge in [-0.15, -0.1) is 10.2 Å². The lowest BCUT2D eigenvalue weighted by atomic mass is 9.98. The number of benzene rings is 1. The van der Waals surface area contributed by atoms with Gasteiger partial charge >= 0.3 is 6.18 Å². The number of nitrogens with zero attached hydrogens (tertiary/aromatic N) is 5. The maximum Gasteiger partial charge on any atom is 0.451 e. The number of nitrogens with one attached hydrogen (secondary N) is 2. The molecule has 0 unspecified atom stereocenters. The van der Waals surface area contributed by atoms with E-state index >= 15 is 0 Å². The molecule has 214 valence electrons. The van der Waals surface area contributed by atoms with E-state index in [1.54, 1.807) is 18.2 Å². The van der Waals surface area contributed by atoms with Gasteiger partial charge < -0.3 is 29.4 Å². The van der Waals surface area contributed by atoms with Crippen molar-refractivity contribution in [2.45, 2.75) is 31.5 Å². The normalized spacial score (nSPS) is 18.5. The van der Waals surface area contributed by atoms with Crippen molar-refractivity contribution in [1.29, 1.82) is 0 Å². The minimum Gasteiger partial charge on any atom is -0.492 e. The van der Waals surface area contributed by atoms with Crippen LogP contribution in [0.4, 0.5) is 23.2 Å². The number of allylic oxidation sites excluding steroid dienone is 1. The van der Waals surface area contributed by atoms with Crippen LogP contribution >= 0.6 is 11.6 Å². The maximum atomic E-state index is 13.6. The lowest BCUT2D eigenvalue weighted by molar-refractivity contribution is -0.170. The third kappa shape index (κ3) is 5.57. The van der Waals surface area contributed by atoms with Gasteiger partial charge in [0.15, 0.2) is 5.76 Å². The van der Waals surface area contributed by atoms with Gasteiger partial charge in [-0.1, -0.05) is 11.6 Å². The van der Waals surface area contributed by atoms with E-state index in [2.05, 4.69) is 25.8 Å². The summed E-state index contributed by atoms with van der Waals surface area (Å²) in [5.41, 5.74) is 1.84. The Morgan fingerprint density at radius 1 is 1.18 bits per heavy atom. The summed E-state index contributed by atoms with van der Waals surface area (Å²) in [7, 11) is 2.98. The molecule has 2 N–H and O–H groups in total. The second-order valence-electron chi connectivity index (χ2n) is 9.13. The van der Waals surface area contributed by atoms with Gasteiger partial charge in [0.2, 0.25) is 11.6 Å². The van der Waals surface area contributed by atoms with Crippen LogP contribution < -0.4 is 10.6 Å². The standard InChI is InChI=1S/C25H26ClF4N7O3/c1-38-24(39-2)12-19-16(22(32-14-31-19)33-15-4-5-18(27)17(26)10-15)11-20(24)40-9-3-6-36-7-8-37-21(13-36)34-35-23(37)25(28,29)30/h4-5,10-12,14,33H,3,6-9,13H2,1-2H3,(H,31,32). The van der Waals surface area contributed by atoms with Crippen molar-refractivity contribution < 1.29 is 31.8 Å². The van der Waals surface area contributed by atoms with Gasteiger partial charge in [0.05, 0.1) is 30.2 Å². The van der Waals surface area contributed by atoms with E-state index in [1.165, 1.54) is 32.7 Å². The summed E-state index contributed by atoms with van der Waals surface area (Å²) >= 11 is 5.92. The molecule has 2 aliphatic heterocycles. The molecule has 3 heterocycles. The van der Waals surface area contributed by atoms with Gasteiger partial charge in [0.1, 0.15) is 17.5 Å². The molecule has 3 aliphatic rings. The van der Waals surface area contributed by atoms with Crippen molar-refractivity contribution >= 4 is 23.6 Å². The minimum atomic E-state index is -4.53. The Balaban J connectivity index is 1.27. The monoisotopic (exact) mass is 583 g/mol. The highest BCUT2D eigenvalue weighted by Gasteiger charge is 2.41. The first-order valence-corrected chi connectivity index (χ1v) is 12.7. The van der Waals surface area contributed by atoms with Gasteiger partial charge in [-0.3, -0.25) is 4.90 Å². The number of aliphatic imine (C=N–C) groups is 1. The number of methoxy groups -OCH3 is 2. The lowest BCUT2D eigenvalue weighted by Crippen LogP contribution is -2.40. The van der Waals surface area contributed by atoms with Gasteiger partial charge in [0, 0.05) is 51.2 Å². The largest absolute Gasteiger partial charge is 0.492 e. The first-order valence-electron chi connectivity index (χ1n) is 12.3. The van der Waals surface area contributed by atoms with Crippen LogP contribution in [-0.4, -0.2) is 65.7 Å². The maximum absolute atomic E-state index is 13.6. The van der Waals surface area contributed by atoms with E-state index in [-0.39, 0.29) is 30.5 Å². The Hall–Kier alpha value is -3.46. The summed E-state index contributed by atoms with van der Waals surface area (Å²) in [5, 5.41) is 13.2. The van der Waals surface area contributed by atoms with Crippen molar-refractivity contribution in [2.24, 2.45) is 4.99 Å². The van der Waals surface area contributed by atoms with Crippen LogP contribution in [0.25, 0.3) is 0 Å². The zero-order valence-corrected chi connectivity index (χ0v) is 22.3. The molecule has 0 atom stereocenters. The Bertz CT molecular complexity index is 1400.